The van der Waals surface area contributed by atoms with Crippen molar-refractivity contribution in [2.24, 2.45) is 5.92 Å². The van der Waals surface area contributed by atoms with Crippen molar-refractivity contribution < 1.29 is 12.6 Å². The second kappa shape index (κ2) is 7.32. The summed E-state index contributed by atoms with van der Waals surface area (Å²) in [6.07, 6.45) is 6.98. The third-order valence-electron chi connectivity index (χ3n) is 5.41. The van der Waals surface area contributed by atoms with Crippen molar-refractivity contribution in [1.29, 1.82) is 0 Å². The number of hydrogen-bond acceptors (Lipinski definition) is 4. The van der Waals surface area contributed by atoms with Crippen molar-refractivity contribution in [2.45, 2.75) is 37.5 Å². The van der Waals surface area contributed by atoms with E-state index in [2.05, 4.69) is 17.0 Å². The smallest absolute Gasteiger partial charge is 0.264 e. The second-order valence-corrected chi connectivity index (χ2v) is 9.45. The van der Waals surface area contributed by atoms with E-state index in [1.165, 1.54) is 24.8 Å². The molecule has 134 valence electrons. The highest BCUT2D eigenvalue weighted by Gasteiger charge is 2.40. The van der Waals surface area contributed by atoms with Gasteiger partial charge in [-0.2, -0.15) is 8.42 Å². The molecule has 0 bridgehead atoms. The van der Waals surface area contributed by atoms with Gasteiger partial charge in [0.1, 0.15) is 0 Å². The molecule has 24 heavy (non-hydrogen) atoms. The molecule has 1 saturated heterocycles. The van der Waals surface area contributed by atoms with Gasteiger partial charge < -0.3 is 4.90 Å². The summed E-state index contributed by atoms with van der Waals surface area (Å²) in [6, 6.07) is 8.29. The van der Waals surface area contributed by atoms with Crippen molar-refractivity contribution in [1.82, 2.24) is 4.90 Å². The summed E-state index contributed by atoms with van der Waals surface area (Å²) in [4.78, 5) is 2.49. The second-order valence-electron chi connectivity index (χ2n) is 7.37. The topological polar surface area (TPSA) is 46.6 Å². The molecular formula is C18H26ClNO3S. The van der Waals surface area contributed by atoms with E-state index in [0.29, 0.717) is 12.5 Å². The van der Waals surface area contributed by atoms with Gasteiger partial charge in [-0.05, 0) is 55.8 Å². The molecule has 1 atom stereocenters. The molecule has 4 nitrogen and oxygen atoms in total. The largest absolute Gasteiger partial charge is 0.302 e. The molecule has 0 amide bonds. The first kappa shape index (κ1) is 18.2. The first-order valence-corrected chi connectivity index (χ1v) is 10.9. The van der Waals surface area contributed by atoms with Crippen LogP contribution in [0.2, 0.25) is 5.02 Å². The van der Waals surface area contributed by atoms with E-state index in [4.69, 9.17) is 15.8 Å². The van der Waals surface area contributed by atoms with E-state index < -0.39 is 10.1 Å². The normalized spacial score (nSPS) is 24.5. The van der Waals surface area contributed by atoms with Gasteiger partial charge in [0.25, 0.3) is 10.1 Å². The van der Waals surface area contributed by atoms with Crippen LogP contribution in [-0.2, 0) is 19.7 Å². The number of likely N-dealkylation sites (tertiary alicyclic amines) is 1. The van der Waals surface area contributed by atoms with Crippen LogP contribution in [0.15, 0.2) is 24.3 Å². The fraction of sp³-hybridized carbons (Fsp3) is 0.667. The summed E-state index contributed by atoms with van der Waals surface area (Å²) in [5.74, 6) is 0.302. The van der Waals surface area contributed by atoms with Crippen LogP contribution in [0.5, 0.6) is 0 Å². The molecule has 0 radical (unpaired) electrons. The van der Waals surface area contributed by atoms with Crippen LogP contribution in [-0.4, -0.2) is 45.8 Å². The Morgan fingerprint density at radius 2 is 1.96 bits per heavy atom. The van der Waals surface area contributed by atoms with Crippen molar-refractivity contribution in [3.05, 3.63) is 34.9 Å². The summed E-state index contributed by atoms with van der Waals surface area (Å²) in [5, 5.41) is 0.782. The van der Waals surface area contributed by atoms with Crippen LogP contribution in [0.3, 0.4) is 0 Å². The molecule has 1 unspecified atom stereocenters. The highest BCUT2D eigenvalue weighted by molar-refractivity contribution is 7.85. The maximum absolute atomic E-state index is 11.2. The average Bonchev–Trinajstić information content (AvgIpc) is 2.50. The SMILES string of the molecule is CS(=O)(=O)OCC1CCCN(CC2(c3ccc(Cl)cc3)CCC2)C1. The molecule has 1 aromatic rings. The minimum atomic E-state index is -3.35. The van der Waals surface area contributed by atoms with Crippen LogP contribution in [0.4, 0.5) is 0 Å². The van der Waals surface area contributed by atoms with Gasteiger partial charge in [0.05, 0.1) is 12.9 Å². The molecule has 1 aliphatic heterocycles. The summed E-state index contributed by atoms with van der Waals surface area (Å²) in [5.41, 5.74) is 1.62. The van der Waals surface area contributed by atoms with Gasteiger partial charge in [-0.15, -0.1) is 0 Å². The standard InChI is InChI=1S/C18H26ClNO3S/c1-24(21,22)23-13-15-4-2-11-20(12-15)14-18(9-3-10-18)16-5-7-17(19)8-6-16/h5-8,15H,2-4,9-14H2,1H3. The van der Waals surface area contributed by atoms with Gasteiger partial charge in [-0.25, -0.2) is 0 Å². The van der Waals surface area contributed by atoms with Gasteiger partial charge >= 0.3 is 0 Å². The predicted molar refractivity (Wildman–Crippen MR) is 96.9 cm³/mol. The molecule has 3 rings (SSSR count). The fourth-order valence-electron chi connectivity index (χ4n) is 4.02. The van der Waals surface area contributed by atoms with Crippen molar-refractivity contribution in [3.8, 4) is 0 Å². The number of rotatable bonds is 6. The Morgan fingerprint density at radius 1 is 1.25 bits per heavy atom. The molecule has 0 spiro atoms. The minimum Gasteiger partial charge on any atom is -0.302 e. The van der Waals surface area contributed by atoms with E-state index in [1.807, 2.05) is 12.1 Å². The molecule has 2 fully saturated rings. The van der Waals surface area contributed by atoms with Crippen molar-refractivity contribution >= 4 is 21.7 Å². The first-order chi connectivity index (χ1) is 11.4. The fourth-order valence-corrected chi connectivity index (χ4v) is 4.59. The zero-order valence-electron chi connectivity index (χ0n) is 14.2. The Balaban J connectivity index is 1.62. The minimum absolute atomic E-state index is 0.240. The number of halogens is 1. The van der Waals surface area contributed by atoms with Gasteiger partial charge in [-0.1, -0.05) is 30.2 Å². The Hall–Kier alpha value is -0.620. The van der Waals surface area contributed by atoms with Crippen LogP contribution >= 0.6 is 11.6 Å². The lowest BCUT2D eigenvalue weighted by atomic mass is 9.64. The zero-order valence-corrected chi connectivity index (χ0v) is 15.8. The maximum Gasteiger partial charge on any atom is 0.264 e. The Kier molecular flexibility index (Phi) is 5.55. The van der Waals surface area contributed by atoms with E-state index >= 15 is 0 Å². The van der Waals surface area contributed by atoms with Crippen LogP contribution in [0.1, 0.15) is 37.7 Å². The third kappa shape index (κ3) is 4.51. The first-order valence-electron chi connectivity index (χ1n) is 8.69. The number of nitrogens with zero attached hydrogens (tertiary/aromatic N) is 1. The molecule has 0 aromatic heterocycles. The highest BCUT2D eigenvalue weighted by Crippen LogP contribution is 2.45. The Bertz CT molecular complexity index is 655. The maximum atomic E-state index is 11.2. The van der Waals surface area contributed by atoms with Gasteiger partial charge in [-0.3, -0.25) is 4.18 Å². The highest BCUT2D eigenvalue weighted by atomic mass is 35.5. The lowest BCUT2D eigenvalue weighted by Crippen LogP contribution is -2.49. The van der Waals surface area contributed by atoms with Gasteiger partial charge in [0.15, 0.2) is 0 Å². The van der Waals surface area contributed by atoms with Crippen molar-refractivity contribution in [2.75, 3.05) is 32.5 Å². The van der Waals surface area contributed by atoms with E-state index in [1.54, 1.807) is 0 Å². The lowest BCUT2D eigenvalue weighted by molar-refractivity contribution is 0.0829. The molecule has 6 heteroatoms. The third-order valence-corrected chi connectivity index (χ3v) is 6.23. The average molecular weight is 372 g/mol. The van der Waals surface area contributed by atoms with Crippen LogP contribution in [0, 0.1) is 5.92 Å². The summed E-state index contributed by atoms with van der Waals surface area (Å²) >= 11 is 6.03. The molecule has 1 heterocycles. The molecule has 1 aromatic carbocycles. The summed E-state index contributed by atoms with van der Waals surface area (Å²) in [6.45, 7) is 3.36. The Labute approximate surface area is 150 Å². The molecule has 1 saturated carbocycles. The number of hydrogen-bond donors (Lipinski definition) is 0. The van der Waals surface area contributed by atoms with E-state index in [9.17, 15) is 8.42 Å². The monoisotopic (exact) mass is 371 g/mol. The molecule has 1 aliphatic carbocycles. The Morgan fingerprint density at radius 3 is 2.54 bits per heavy atom. The van der Waals surface area contributed by atoms with Gasteiger partial charge in [0.2, 0.25) is 0 Å². The van der Waals surface area contributed by atoms with E-state index in [-0.39, 0.29) is 5.41 Å². The molecule has 2 aliphatic rings. The van der Waals surface area contributed by atoms with Crippen LogP contribution in [0.25, 0.3) is 0 Å². The quantitative estimate of drug-likeness (QED) is 0.718. The van der Waals surface area contributed by atoms with E-state index in [0.717, 1.165) is 43.8 Å². The van der Waals surface area contributed by atoms with Gasteiger partial charge in [0, 0.05) is 23.5 Å². The molecule has 0 N–H and O–H groups in total. The summed E-state index contributed by atoms with van der Waals surface area (Å²) in [7, 11) is -3.35. The van der Waals surface area contributed by atoms with Crippen LogP contribution < -0.4 is 0 Å². The summed E-state index contributed by atoms with van der Waals surface area (Å²) < 4.78 is 27.4. The van der Waals surface area contributed by atoms with Crippen molar-refractivity contribution in [3.63, 3.8) is 0 Å². The lowest BCUT2D eigenvalue weighted by Gasteiger charge is -2.47. The predicted octanol–water partition coefficient (Wildman–Crippen LogP) is 3.45. The zero-order chi connectivity index (χ0) is 17.2. The number of benzene rings is 1. The number of piperidine rings is 1. The molecular weight excluding hydrogens is 346 g/mol.